The topological polar surface area (TPSA) is 57.3 Å². The molecule has 0 radical (unpaired) electrons. The molecule has 0 aliphatic heterocycles. The molecule has 3 aromatic carbocycles. The lowest BCUT2D eigenvalue weighted by molar-refractivity contribution is 0.108. The van der Waals surface area contributed by atoms with E-state index >= 15 is 0 Å². The van der Waals surface area contributed by atoms with Crippen molar-refractivity contribution in [2.45, 2.75) is 17.9 Å². The number of thioether (sulfide) groups is 1. The quantitative estimate of drug-likeness (QED) is 0.277. The summed E-state index contributed by atoms with van der Waals surface area (Å²) in [6.07, 6.45) is -0.557. The van der Waals surface area contributed by atoms with E-state index in [1.54, 1.807) is 0 Å². The van der Waals surface area contributed by atoms with Gasteiger partial charge in [0.05, 0.1) is 5.52 Å². The fraction of sp³-hybridized carbons (Fsp3) is 0.250. The van der Waals surface area contributed by atoms with Gasteiger partial charge in [-0.2, -0.15) is 0 Å². The minimum atomic E-state index is -0.557. The van der Waals surface area contributed by atoms with E-state index in [4.69, 9.17) is 4.74 Å². The number of ether oxygens (including phenoxy) is 1. The zero-order valence-electron chi connectivity index (χ0n) is 16.5. The first kappa shape index (κ1) is 19.8. The zero-order chi connectivity index (χ0) is 20.1. The molecule has 0 saturated heterocycles. The van der Waals surface area contributed by atoms with Gasteiger partial charge in [0, 0.05) is 40.0 Å². The summed E-state index contributed by atoms with van der Waals surface area (Å²) < 4.78 is 5.97. The van der Waals surface area contributed by atoms with Crippen LogP contribution in [0.15, 0.2) is 71.6 Å². The van der Waals surface area contributed by atoms with Crippen LogP contribution >= 0.6 is 11.8 Å². The van der Waals surface area contributed by atoms with Crippen LogP contribution in [0, 0.1) is 6.92 Å². The van der Waals surface area contributed by atoms with Crippen LogP contribution in [0.5, 0.6) is 5.75 Å². The SMILES string of the molecule is Cc1ccccc1SCCNCC(O)COc1cccc2[nH]c3ccccc3c12. The van der Waals surface area contributed by atoms with Crippen molar-refractivity contribution in [3.8, 4) is 5.75 Å². The van der Waals surface area contributed by atoms with E-state index in [1.165, 1.54) is 10.5 Å². The number of rotatable bonds is 9. The van der Waals surface area contributed by atoms with Gasteiger partial charge in [-0.1, -0.05) is 42.5 Å². The molecule has 29 heavy (non-hydrogen) atoms. The molecule has 1 atom stereocenters. The molecule has 0 bridgehead atoms. The highest BCUT2D eigenvalue weighted by atomic mass is 32.2. The van der Waals surface area contributed by atoms with Crippen LogP contribution in [0.1, 0.15) is 5.56 Å². The first-order valence-corrected chi connectivity index (χ1v) is 10.9. The molecule has 0 amide bonds. The van der Waals surface area contributed by atoms with Gasteiger partial charge >= 0.3 is 0 Å². The summed E-state index contributed by atoms with van der Waals surface area (Å²) in [4.78, 5) is 4.72. The van der Waals surface area contributed by atoms with Crippen LogP contribution in [0.2, 0.25) is 0 Å². The van der Waals surface area contributed by atoms with Gasteiger partial charge in [-0.3, -0.25) is 0 Å². The Hall–Kier alpha value is -2.47. The molecular weight excluding hydrogens is 380 g/mol. The second kappa shape index (κ2) is 9.35. The van der Waals surface area contributed by atoms with Gasteiger partial charge in [0.2, 0.25) is 0 Å². The van der Waals surface area contributed by atoms with Crippen molar-refractivity contribution in [3.05, 3.63) is 72.3 Å². The molecule has 1 heterocycles. The van der Waals surface area contributed by atoms with Crippen LogP contribution < -0.4 is 10.1 Å². The van der Waals surface area contributed by atoms with Crippen LogP contribution in [0.4, 0.5) is 0 Å². The minimum absolute atomic E-state index is 0.260. The fourth-order valence-electron chi connectivity index (χ4n) is 3.45. The zero-order valence-corrected chi connectivity index (χ0v) is 17.3. The number of hydrogen-bond donors (Lipinski definition) is 3. The second-order valence-electron chi connectivity index (χ2n) is 7.13. The van der Waals surface area contributed by atoms with E-state index in [-0.39, 0.29) is 6.61 Å². The predicted molar refractivity (Wildman–Crippen MR) is 122 cm³/mol. The summed E-state index contributed by atoms with van der Waals surface area (Å²) in [5.74, 6) is 1.77. The molecule has 1 aromatic heterocycles. The normalized spacial score (nSPS) is 12.5. The van der Waals surface area contributed by atoms with E-state index in [9.17, 15) is 5.11 Å². The Balaban J connectivity index is 1.27. The number of aromatic nitrogens is 1. The molecule has 5 heteroatoms. The van der Waals surface area contributed by atoms with Crippen molar-refractivity contribution in [3.63, 3.8) is 0 Å². The molecule has 0 spiro atoms. The number of para-hydroxylation sites is 1. The minimum Gasteiger partial charge on any atom is -0.490 e. The molecular formula is C24H26N2O2S. The van der Waals surface area contributed by atoms with Gasteiger partial charge in [0.15, 0.2) is 0 Å². The van der Waals surface area contributed by atoms with Crippen LogP contribution in [-0.2, 0) is 0 Å². The number of benzene rings is 3. The third kappa shape index (κ3) is 4.75. The maximum atomic E-state index is 10.3. The molecule has 0 aliphatic rings. The Morgan fingerprint density at radius 1 is 1.00 bits per heavy atom. The highest BCUT2D eigenvalue weighted by molar-refractivity contribution is 7.99. The largest absolute Gasteiger partial charge is 0.490 e. The molecule has 3 N–H and O–H groups in total. The summed E-state index contributed by atoms with van der Waals surface area (Å²) in [5.41, 5.74) is 3.44. The molecule has 0 fully saturated rings. The average Bonchev–Trinajstić information content (AvgIpc) is 3.12. The van der Waals surface area contributed by atoms with Gasteiger partial charge in [0.25, 0.3) is 0 Å². The lowest BCUT2D eigenvalue weighted by Gasteiger charge is -2.14. The molecule has 1 unspecified atom stereocenters. The lowest BCUT2D eigenvalue weighted by Crippen LogP contribution is -2.32. The molecule has 0 saturated carbocycles. The summed E-state index contributed by atoms with van der Waals surface area (Å²) >= 11 is 1.83. The van der Waals surface area contributed by atoms with E-state index in [2.05, 4.69) is 53.6 Å². The lowest BCUT2D eigenvalue weighted by atomic mass is 10.1. The van der Waals surface area contributed by atoms with E-state index in [0.29, 0.717) is 6.54 Å². The van der Waals surface area contributed by atoms with Crippen molar-refractivity contribution in [1.82, 2.24) is 10.3 Å². The first-order chi connectivity index (χ1) is 14.2. The van der Waals surface area contributed by atoms with Crippen molar-refractivity contribution in [2.75, 3.05) is 25.4 Å². The van der Waals surface area contributed by atoms with E-state index in [1.807, 2.05) is 42.1 Å². The number of fused-ring (bicyclic) bond motifs is 3. The summed E-state index contributed by atoms with van der Waals surface area (Å²) in [7, 11) is 0. The molecule has 4 rings (SSSR count). The van der Waals surface area contributed by atoms with Crippen LogP contribution in [0.3, 0.4) is 0 Å². The van der Waals surface area contributed by atoms with Crippen molar-refractivity contribution in [2.24, 2.45) is 0 Å². The van der Waals surface area contributed by atoms with Crippen molar-refractivity contribution < 1.29 is 9.84 Å². The number of hydrogen-bond acceptors (Lipinski definition) is 4. The predicted octanol–water partition coefficient (Wildman–Crippen LogP) is 4.75. The third-order valence-electron chi connectivity index (χ3n) is 4.93. The van der Waals surface area contributed by atoms with Crippen LogP contribution in [-0.4, -0.2) is 41.6 Å². The Morgan fingerprint density at radius 2 is 1.79 bits per heavy atom. The first-order valence-electron chi connectivity index (χ1n) is 9.92. The number of nitrogens with one attached hydrogen (secondary N) is 2. The number of aliphatic hydroxyl groups excluding tert-OH is 1. The summed E-state index contributed by atoms with van der Waals surface area (Å²) in [6, 6.07) is 22.6. The summed E-state index contributed by atoms with van der Waals surface area (Å²) in [6.45, 7) is 3.74. The van der Waals surface area contributed by atoms with Crippen LogP contribution in [0.25, 0.3) is 21.8 Å². The molecule has 4 nitrogen and oxygen atoms in total. The number of H-pyrrole nitrogens is 1. The smallest absolute Gasteiger partial charge is 0.129 e. The second-order valence-corrected chi connectivity index (χ2v) is 8.27. The van der Waals surface area contributed by atoms with Gasteiger partial charge in [0.1, 0.15) is 18.5 Å². The maximum Gasteiger partial charge on any atom is 0.129 e. The third-order valence-corrected chi connectivity index (χ3v) is 6.11. The Labute approximate surface area is 175 Å². The Kier molecular flexibility index (Phi) is 6.39. The molecule has 0 aliphatic carbocycles. The van der Waals surface area contributed by atoms with E-state index < -0.39 is 6.10 Å². The highest BCUT2D eigenvalue weighted by Crippen LogP contribution is 2.32. The highest BCUT2D eigenvalue weighted by Gasteiger charge is 2.11. The standard InChI is InChI=1S/C24H26N2O2S/c1-17-7-2-5-12-23(17)29-14-13-25-15-18(27)16-28-22-11-6-10-21-24(22)19-8-3-4-9-20(19)26-21/h2-12,18,25-27H,13-16H2,1H3. The summed E-state index contributed by atoms with van der Waals surface area (Å²) in [5, 5.41) is 15.8. The van der Waals surface area contributed by atoms with Gasteiger partial charge in [-0.25, -0.2) is 0 Å². The Bertz CT molecular complexity index is 1090. The van der Waals surface area contributed by atoms with Crippen molar-refractivity contribution >= 4 is 33.6 Å². The number of aromatic amines is 1. The van der Waals surface area contributed by atoms with Gasteiger partial charge < -0.3 is 20.1 Å². The maximum absolute atomic E-state index is 10.3. The monoisotopic (exact) mass is 406 g/mol. The Morgan fingerprint density at radius 3 is 2.69 bits per heavy atom. The fourth-order valence-corrected chi connectivity index (χ4v) is 4.39. The molecule has 4 aromatic rings. The van der Waals surface area contributed by atoms with Gasteiger partial charge in [-0.05, 0) is 36.8 Å². The van der Waals surface area contributed by atoms with E-state index in [0.717, 1.165) is 39.9 Å². The van der Waals surface area contributed by atoms with Gasteiger partial charge in [-0.15, -0.1) is 11.8 Å². The number of aryl methyl sites for hydroxylation is 1. The average molecular weight is 407 g/mol. The van der Waals surface area contributed by atoms with Crippen molar-refractivity contribution in [1.29, 1.82) is 0 Å². The molecule has 150 valence electrons. The number of aliphatic hydroxyl groups is 1.